The van der Waals surface area contributed by atoms with Crippen LogP contribution < -0.4 is 4.52 Å². The van der Waals surface area contributed by atoms with Crippen molar-refractivity contribution < 1.29 is 23.3 Å². The Morgan fingerprint density at radius 2 is 1.59 bits per heavy atom. The van der Waals surface area contributed by atoms with Gasteiger partial charge in [0.1, 0.15) is 5.75 Å². The van der Waals surface area contributed by atoms with Crippen LogP contribution in [0, 0.1) is 20.8 Å². The molecule has 2 rings (SSSR count). The van der Waals surface area contributed by atoms with Crippen LogP contribution in [0.5, 0.6) is 5.75 Å². The molecule has 0 aliphatic heterocycles. The Bertz CT molecular complexity index is 716. The van der Waals surface area contributed by atoms with Crippen molar-refractivity contribution in [2.75, 3.05) is 0 Å². The summed E-state index contributed by atoms with van der Waals surface area (Å²) < 4.78 is 21.7. The highest BCUT2D eigenvalue weighted by Crippen LogP contribution is 2.46. The molecule has 0 aliphatic rings. The molecule has 0 heterocycles. The third-order valence-corrected chi connectivity index (χ3v) is 3.83. The van der Waals surface area contributed by atoms with Gasteiger partial charge in [-0.2, -0.15) is 0 Å². The fourth-order valence-corrected chi connectivity index (χ4v) is 3.05. The molecule has 6 heteroatoms. The van der Waals surface area contributed by atoms with Gasteiger partial charge in [-0.15, -0.1) is 0 Å². The van der Waals surface area contributed by atoms with Gasteiger partial charge in [0, 0.05) is 0 Å². The van der Waals surface area contributed by atoms with Crippen LogP contribution in [0.3, 0.4) is 0 Å². The van der Waals surface area contributed by atoms with E-state index in [-0.39, 0.29) is 11.3 Å². The number of phosphoric ester groups is 1. The van der Waals surface area contributed by atoms with Crippen LogP contribution in [0.4, 0.5) is 0 Å². The third-order valence-electron chi connectivity index (χ3n) is 3.02. The van der Waals surface area contributed by atoms with E-state index in [0.29, 0.717) is 11.1 Å². The Balaban J connectivity index is 2.18. The van der Waals surface area contributed by atoms with E-state index >= 15 is 0 Å². The molecule has 0 radical (unpaired) electrons. The van der Waals surface area contributed by atoms with Gasteiger partial charge in [-0.25, -0.2) is 9.36 Å². The molecule has 1 atom stereocenters. The molecule has 2 aromatic rings. The molecule has 0 saturated heterocycles. The number of benzene rings is 2. The van der Waals surface area contributed by atoms with Crippen molar-refractivity contribution in [3.8, 4) is 5.75 Å². The summed E-state index contributed by atoms with van der Waals surface area (Å²) in [5, 5.41) is 0. The Hall–Kier alpha value is -2.10. The zero-order valence-corrected chi connectivity index (χ0v) is 13.5. The lowest BCUT2D eigenvalue weighted by atomic mass is 10.1. The van der Waals surface area contributed by atoms with Crippen molar-refractivity contribution in [3.63, 3.8) is 0 Å². The molecule has 0 bridgehead atoms. The van der Waals surface area contributed by atoms with Gasteiger partial charge in [0.15, 0.2) is 0 Å². The fourth-order valence-electron chi connectivity index (χ4n) is 2.18. The molecule has 0 aliphatic carbocycles. The Morgan fingerprint density at radius 1 is 1.05 bits per heavy atom. The van der Waals surface area contributed by atoms with Gasteiger partial charge in [0.2, 0.25) is 0 Å². The standard InChI is InChI=1S/C16H17O5P/c1-11-9-12(2)15(13(3)10-11)20-22(18,19)21-16(17)14-7-5-4-6-8-14/h4-10H,1-3H3,(H,18,19). The van der Waals surface area contributed by atoms with Crippen molar-refractivity contribution in [2.45, 2.75) is 20.8 Å². The van der Waals surface area contributed by atoms with Crippen molar-refractivity contribution >= 4 is 13.8 Å². The minimum absolute atomic E-state index is 0.178. The highest BCUT2D eigenvalue weighted by Gasteiger charge is 2.30. The van der Waals surface area contributed by atoms with Crippen LogP contribution in [-0.4, -0.2) is 10.9 Å². The summed E-state index contributed by atoms with van der Waals surface area (Å²) in [5.74, 6) is -0.661. The molecule has 22 heavy (non-hydrogen) atoms. The largest absolute Gasteiger partial charge is 0.587 e. The number of phosphoric acid groups is 1. The molecular weight excluding hydrogens is 303 g/mol. The van der Waals surface area contributed by atoms with Crippen LogP contribution in [0.25, 0.3) is 0 Å². The molecule has 1 unspecified atom stereocenters. The second-order valence-corrected chi connectivity index (χ2v) is 6.33. The zero-order chi connectivity index (χ0) is 16.3. The topological polar surface area (TPSA) is 72.8 Å². The number of carbonyl (C=O) groups excluding carboxylic acids is 1. The second-order valence-electron chi connectivity index (χ2n) is 5.03. The first-order valence-corrected chi connectivity index (χ1v) is 8.17. The van der Waals surface area contributed by atoms with Crippen molar-refractivity contribution in [1.29, 1.82) is 0 Å². The minimum Gasteiger partial charge on any atom is -0.395 e. The van der Waals surface area contributed by atoms with Gasteiger partial charge in [-0.3, -0.25) is 4.89 Å². The maximum Gasteiger partial charge on any atom is 0.587 e. The average Bonchev–Trinajstić information content (AvgIpc) is 2.43. The molecule has 1 N–H and O–H groups in total. The van der Waals surface area contributed by atoms with Gasteiger partial charge < -0.3 is 9.05 Å². The molecule has 2 aromatic carbocycles. The summed E-state index contributed by atoms with van der Waals surface area (Å²) in [5.41, 5.74) is 2.58. The first-order valence-electron chi connectivity index (χ1n) is 6.68. The first kappa shape index (κ1) is 16.3. The highest BCUT2D eigenvalue weighted by atomic mass is 31.2. The predicted molar refractivity (Wildman–Crippen MR) is 83.0 cm³/mol. The summed E-state index contributed by atoms with van der Waals surface area (Å²) in [4.78, 5) is 21.6. The molecule has 0 amide bonds. The lowest BCUT2D eigenvalue weighted by Crippen LogP contribution is -2.07. The maximum atomic E-state index is 12.0. The van der Waals surface area contributed by atoms with Crippen LogP contribution in [0.15, 0.2) is 42.5 Å². The van der Waals surface area contributed by atoms with E-state index in [2.05, 4.69) is 4.52 Å². The molecular formula is C16H17O5P. The monoisotopic (exact) mass is 320 g/mol. The van der Waals surface area contributed by atoms with Gasteiger partial charge in [0.05, 0.1) is 5.56 Å². The van der Waals surface area contributed by atoms with E-state index in [9.17, 15) is 14.3 Å². The number of hydrogen-bond donors (Lipinski definition) is 1. The van der Waals surface area contributed by atoms with E-state index in [4.69, 9.17) is 4.52 Å². The molecule has 116 valence electrons. The van der Waals surface area contributed by atoms with Gasteiger partial charge in [-0.05, 0) is 44.0 Å². The summed E-state index contributed by atoms with van der Waals surface area (Å²) in [6, 6.07) is 11.6. The SMILES string of the molecule is Cc1cc(C)c(OP(=O)(O)OC(=O)c2ccccc2)c(C)c1. The van der Waals surface area contributed by atoms with E-state index in [1.165, 1.54) is 12.1 Å². The molecule has 0 fully saturated rings. The third kappa shape index (κ3) is 3.97. The highest BCUT2D eigenvalue weighted by molar-refractivity contribution is 7.48. The van der Waals surface area contributed by atoms with E-state index in [0.717, 1.165) is 5.56 Å². The number of rotatable bonds is 4. The average molecular weight is 320 g/mol. The summed E-state index contributed by atoms with van der Waals surface area (Å²) in [7, 11) is -4.55. The van der Waals surface area contributed by atoms with Crippen molar-refractivity contribution in [1.82, 2.24) is 0 Å². The summed E-state index contributed by atoms with van der Waals surface area (Å²) >= 11 is 0. The van der Waals surface area contributed by atoms with Crippen LogP contribution in [0.2, 0.25) is 0 Å². The summed E-state index contributed by atoms with van der Waals surface area (Å²) in [6.07, 6.45) is 0. The van der Waals surface area contributed by atoms with E-state index in [1.807, 2.05) is 19.1 Å². The van der Waals surface area contributed by atoms with Gasteiger partial charge in [0.25, 0.3) is 0 Å². The van der Waals surface area contributed by atoms with Gasteiger partial charge in [-0.1, -0.05) is 35.9 Å². The van der Waals surface area contributed by atoms with Gasteiger partial charge >= 0.3 is 13.8 Å². The molecule has 0 spiro atoms. The van der Waals surface area contributed by atoms with Crippen molar-refractivity contribution in [3.05, 3.63) is 64.7 Å². The number of aryl methyl sites for hydroxylation is 3. The Kier molecular flexibility index (Phi) is 4.69. The maximum absolute atomic E-state index is 12.0. The quantitative estimate of drug-likeness (QED) is 0.864. The fraction of sp³-hybridized carbons (Fsp3) is 0.188. The van der Waals surface area contributed by atoms with Crippen LogP contribution in [-0.2, 0) is 9.09 Å². The normalized spacial score (nSPS) is 13.3. The lowest BCUT2D eigenvalue weighted by molar-refractivity contribution is 0.0683. The molecule has 0 aromatic heterocycles. The first-order chi connectivity index (χ1) is 10.3. The van der Waals surface area contributed by atoms with Crippen LogP contribution in [0.1, 0.15) is 27.0 Å². The van der Waals surface area contributed by atoms with Crippen molar-refractivity contribution in [2.24, 2.45) is 0 Å². The predicted octanol–water partition coefficient (Wildman–Crippen LogP) is 3.95. The van der Waals surface area contributed by atoms with E-state index < -0.39 is 13.8 Å². The zero-order valence-electron chi connectivity index (χ0n) is 12.6. The number of hydrogen-bond acceptors (Lipinski definition) is 4. The number of carbonyl (C=O) groups is 1. The lowest BCUT2D eigenvalue weighted by Gasteiger charge is -2.16. The minimum atomic E-state index is -4.55. The Morgan fingerprint density at radius 3 is 2.14 bits per heavy atom. The summed E-state index contributed by atoms with van der Waals surface area (Å²) in [6.45, 7) is 5.43. The van der Waals surface area contributed by atoms with E-state index in [1.54, 1.807) is 32.0 Å². The smallest absolute Gasteiger partial charge is 0.395 e. The molecule has 5 nitrogen and oxygen atoms in total. The Labute approximate surface area is 129 Å². The van der Waals surface area contributed by atoms with Crippen LogP contribution >= 0.6 is 7.82 Å². The second kappa shape index (κ2) is 6.34. The molecule has 0 saturated carbocycles.